The van der Waals surface area contributed by atoms with Crippen LogP contribution >= 0.6 is 0 Å². The molecule has 0 radical (unpaired) electrons. The van der Waals surface area contributed by atoms with Gasteiger partial charge in [0.25, 0.3) is 0 Å². The highest BCUT2D eigenvalue weighted by Gasteiger charge is 2.25. The first-order valence-electron chi connectivity index (χ1n) is 2.96. The third-order valence-electron chi connectivity index (χ3n) is 1.43. The summed E-state index contributed by atoms with van der Waals surface area (Å²) < 4.78 is 6.84. The lowest BCUT2D eigenvalue weighted by Crippen LogP contribution is -1.84. The van der Waals surface area contributed by atoms with Gasteiger partial charge in [-0.3, -0.25) is 4.68 Å². The lowest BCUT2D eigenvalue weighted by Gasteiger charge is -1.81. The van der Waals surface area contributed by atoms with Crippen LogP contribution in [0.2, 0.25) is 0 Å². The predicted molar refractivity (Wildman–Crippen MR) is 31.9 cm³/mol. The zero-order valence-electron chi connectivity index (χ0n) is 5.24. The quantitative estimate of drug-likeness (QED) is 0.510. The summed E-state index contributed by atoms with van der Waals surface area (Å²) in [5, 5.41) is 4.01. The van der Waals surface area contributed by atoms with Crippen molar-refractivity contribution in [2.75, 3.05) is 6.61 Å². The molecule has 2 heterocycles. The van der Waals surface area contributed by atoms with E-state index in [4.69, 9.17) is 4.74 Å². The average Bonchev–Trinajstić information content (AvgIpc) is 2.58. The Bertz CT molecular complexity index is 215. The maximum Gasteiger partial charge on any atom is 0.109 e. The van der Waals surface area contributed by atoms with Gasteiger partial charge in [0.05, 0.1) is 12.8 Å². The monoisotopic (exact) mass is 124 g/mol. The van der Waals surface area contributed by atoms with Crippen LogP contribution in [0.5, 0.6) is 0 Å². The maximum atomic E-state index is 5.05. The lowest BCUT2D eigenvalue weighted by atomic mass is 10.3. The first-order valence-corrected chi connectivity index (χ1v) is 2.96. The summed E-state index contributed by atoms with van der Waals surface area (Å²) in [5.41, 5.74) is 1.19. The summed E-state index contributed by atoms with van der Waals surface area (Å²) in [6, 6.07) is 0. The Kier molecular flexibility index (Phi) is 0.873. The second-order valence-electron chi connectivity index (χ2n) is 2.27. The minimum Gasteiger partial charge on any atom is -0.368 e. The zero-order valence-corrected chi connectivity index (χ0v) is 5.24. The van der Waals surface area contributed by atoms with Crippen molar-refractivity contribution in [3.63, 3.8) is 0 Å². The fraction of sp³-hybridized carbons (Fsp3) is 0.500. The predicted octanol–water partition coefficient (Wildman–Crippen LogP) is 0.491. The van der Waals surface area contributed by atoms with E-state index in [1.165, 1.54) is 5.56 Å². The third kappa shape index (κ3) is 0.833. The number of aromatic nitrogens is 2. The molecule has 1 aromatic rings. The minimum absolute atomic E-state index is 0.346. The third-order valence-corrected chi connectivity index (χ3v) is 1.43. The summed E-state index contributed by atoms with van der Waals surface area (Å²) in [6.07, 6.45) is 4.17. The molecule has 0 N–H and O–H groups in total. The van der Waals surface area contributed by atoms with Gasteiger partial charge >= 0.3 is 0 Å². The van der Waals surface area contributed by atoms with Gasteiger partial charge in [-0.2, -0.15) is 5.10 Å². The molecule has 3 heteroatoms. The average molecular weight is 124 g/mol. The SMILES string of the molecule is Cn1cc(C2CO2)cn1. The van der Waals surface area contributed by atoms with Crippen LogP contribution in [0.1, 0.15) is 11.7 Å². The van der Waals surface area contributed by atoms with Gasteiger partial charge in [0.1, 0.15) is 6.10 Å². The summed E-state index contributed by atoms with van der Waals surface area (Å²) in [6.45, 7) is 0.867. The Morgan fingerprint density at radius 3 is 3.11 bits per heavy atom. The molecule has 0 aliphatic carbocycles. The number of epoxide rings is 1. The molecular formula is C6H8N2O. The van der Waals surface area contributed by atoms with E-state index in [2.05, 4.69) is 5.10 Å². The van der Waals surface area contributed by atoms with Crippen LogP contribution in [0.3, 0.4) is 0 Å². The van der Waals surface area contributed by atoms with Crippen LogP contribution in [0, 0.1) is 0 Å². The fourth-order valence-electron chi connectivity index (χ4n) is 0.847. The van der Waals surface area contributed by atoms with Gasteiger partial charge < -0.3 is 4.74 Å². The van der Waals surface area contributed by atoms with Gasteiger partial charge in [-0.25, -0.2) is 0 Å². The molecule has 1 fully saturated rings. The van der Waals surface area contributed by atoms with Crippen molar-refractivity contribution in [2.24, 2.45) is 7.05 Å². The molecule has 48 valence electrons. The summed E-state index contributed by atoms with van der Waals surface area (Å²) in [7, 11) is 1.91. The first kappa shape index (κ1) is 4.99. The van der Waals surface area contributed by atoms with Crippen LogP contribution in [-0.4, -0.2) is 16.4 Å². The highest BCUT2D eigenvalue weighted by molar-refractivity contribution is 5.11. The molecule has 1 aliphatic rings. The Labute approximate surface area is 53.2 Å². The minimum atomic E-state index is 0.346. The molecular weight excluding hydrogens is 116 g/mol. The topological polar surface area (TPSA) is 30.4 Å². The van der Waals surface area contributed by atoms with Gasteiger partial charge in [0.2, 0.25) is 0 Å². The molecule has 0 bridgehead atoms. The van der Waals surface area contributed by atoms with Crippen LogP contribution in [0.15, 0.2) is 12.4 Å². The molecule has 1 atom stereocenters. The Hall–Kier alpha value is -0.830. The number of nitrogens with zero attached hydrogens (tertiary/aromatic N) is 2. The van der Waals surface area contributed by atoms with Gasteiger partial charge in [-0.15, -0.1) is 0 Å². The van der Waals surface area contributed by atoms with Gasteiger partial charge in [-0.05, 0) is 0 Å². The van der Waals surface area contributed by atoms with E-state index in [-0.39, 0.29) is 0 Å². The highest BCUT2D eigenvalue weighted by atomic mass is 16.6. The Morgan fingerprint density at radius 1 is 1.89 bits per heavy atom. The largest absolute Gasteiger partial charge is 0.368 e. The van der Waals surface area contributed by atoms with Crippen molar-refractivity contribution in [3.05, 3.63) is 18.0 Å². The van der Waals surface area contributed by atoms with E-state index in [0.717, 1.165) is 6.61 Å². The molecule has 1 aliphatic heterocycles. The van der Waals surface area contributed by atoms with Crippen molar-refractivity contribution in [1.82, 2.24) is 9.78 Å². The zero-order chi connectivity index (χ0) is 6.27. The number of rotatable bonds is 1. The normalized spacial score (nSPS) is 24.3. The number of aryl methyl sites for hydroxylation is 1. The second kappa shape index (κ2) is 1.57. The molecule has 0 saturated carbocycles. The lowest BCUT2D eigenvalue weighted by molar-refractivity contribution is 0.415. The standard InChI is InChI=1S/C6H8N2O/c1-8-3-5(2-7-8)6-4-9-6/h2-3,6H,4H2,1H3. The van der Waals surface area contributed by atoms with Crippen molar-refractivity contribution in [3.8, 4) is 0 Å². The van der Waals surface area contributed by atoms with Crippen molar-refractivity contribution in [1.29, 1.82) is 0 Å². The molecule has 0 aromatic carbocycles. The maximum absolute atomic E-state index is 5.05. The van der Waals surface area contributed by atoms with E-state index in [1.807, 2.05) is 19.4 Å². The van der Waals surface area contributed by atoms with E-state index in [1.54, 1.807) is 4.68 Å². The van der Waals surface area contributed by atoms with Crippen molar-refractivity contribution < 1.29 is 4.74 Å². The summed E-state index contributed by atoms with van der Waals surface area (Å²) in [5.74, 6) is 0. The van der Waals surface area contributed by atoms with E-state index < -0.39 is 0 Å². The number of ether oxygens (including phenoxy) is 1. The highest BCUT2D eigenvalue weighted by Crippen LogP contribution is 2.28. The molecule has 1 aromatic heterocycles. The van der Waals surface area contributed by atoms with Crippen LogP contribution in [0.25, 0.3) is 0 Å². The van der Waals surface area contributed by atoms with Crippen molar-refractivity contribution in [2.45, 2.75) is 6.10 Å². The Morgan fingerprint density at radius 2 is 2.67 bits per heavy atom. The molecule has 1 unspecified atom stereocenters. The van der Waals surface area contributed by atoms with Gasteiger partial charge in [-0.1, -0.05) is 0 Å². The fourth-order valence-corrected chi connectivity index (χ4v) is 0.847. The molecule has 3 nitrogen and oxygen atoms in total. The number of hydrogen-bond acceptors (Lipinski definition) is 2. The van der Waals surface area contributed by atoms with Crippen LogP contribution < -0.4 is 0 Å². The number of hydrogen-bond donors (Lipinski definition) is 0. The smallest absolute Gasteiger partial charge is 0.109 e. The van der Waals surface area contributed by atoms with Gasteiger partial charge in [0, 0.05) is 18.8 Å². The summed E-state index contributed by atoms with van der Waals surface area (Å²) >= 11 is 0. The van der Waals surface area contributed by atoms with Gasteiger partial charge in [0.15, 0.2) is 0 Å². The van der Waals surface area contributed by atoms with E-state index in [9.17, 15) is 0 Å². The molecule has 9 heavy (non-hydrogen) atoms. The van der Waals surface area contributed by atoms with E-state index >= 15 is 0 Å². The first-order chi connectivity index (χ1) is 4.36. The molecule has 0 amide bonds. The Balaban J connectivity index is 2.28. The summed E-state index contributed by atoms with van der Waals surface area (Å²) in [4.78, 5) is 0. The van der Waals surface area contributed by atoms with Crippen LogP contribution in [-0.2, 0) is 11.8 Å². The molecule has 1 saturated heterocycles. The molecule has 0 spiro atoms. The second-order valence-corrected chi connectivity index (χ2v) is 2.27. The van der Waals surface area contributed by atoms with E-state index in [0.29, 0.717) is 6.10 Å². The van der Waals surface area contributed by atoms with Crippen molar-refractivity contribution >= 4 is 0 Å². The molecule has 2 rings (SSSR count). The van der Waals surface area contributed by atoms with Crippen LogP contribution in [0.4, 0.5) is 0 Å².